The average Bonchev–Trinajstić information content (AvgIpc) is 2.27. The summed E-state index contributed by atoms with van der Waals surface area (Å²) in [6.07, 6.45) is -2.96. The van der Waals surface area contributed by atoms with Crippen molar-refractivity contribution in [3.05, 3.63) is 0 Å². The molecule has 1 fully saturated rings. The lowest BCUT2D eigenvalue weighted by Gasteiger charge is -2.14. The number of rotatable bonds is 4. The van der Waals surface area contributed by atoms with Gasteiger partial charge in [-0.2, -0.15) is 8.78 Å². The van der Waals surface area contributed by atoms with Gasteiger partial charge in [0.05, 0.1) is 6.61 Å². The molecule has 1 heterocycles. The average molecular weight is 236 g/mol. The Kier molecular flexibility index (Phi) is 5.31. The molecule has 0 atom stereocenters. The highest BCUT2D eigenvalue weighted by atomic mass is 19.3. The lowest BCUT2D eigenvalue weighted by atomic mass is 10.2. The van der Waals surface area contributed by atoms with Crippen LogP contribution in [0.2, 0.25) is 0 Å². The van der Waals surface area contributed by atoms with Gasteiger partial charge in [0.25, 0.3) is 0 Å². The van der Waals surface area contributed by atoms with Crippen LogP contribution in [0.4, 0.5) is 8.78 Å². The van der Waals surface area contributed by atoms with E-state index in [-0.39, 0.29) is 18.7 Å². The molecule has 0 unspecified atom stereocenters. The predicted octanol–water partition coefficient (Wildman–Crippen LogP) is 0.688. The Morgan fingerprint density at radius 2 is 2.06 bits per heavy atom. The Bertz CT molecular complexity index is 271. The topological polar surface area (TPSA) is 38.5 Å². The van der Waals surface area contributed by atoms with Crippen molar-refractivity contribution in [2.75, 3.05) is 32.9 Å². The Morgan fingerprint density at radius 1 is 1.44 bits per heavy atom. The third kappa shape index (κ3) is 3.84. The fourth-order valence-electron chi connectivity index (χ4n) is 1.54. The van der Waals surface area contributed by atoms with E-state index in [1.54, 1.807) is 6.92 Å². The molecule has 4 nitrogen and oxygen atoms in total. The first-order valence-corrected chi connectivity index (χ1v) is 5.27. The van der Waals surface area contributed by atoms with Crippen molar-refractivity contribution in [2.45, 2.75) is 19.8 Å². The van der Waals surface area contributed by atoms with Crippen molar-refractivity contribution in [2.24, 2.45) is 0 Å². The van der Waals surface area contributed by atoms with E-state index in [1.165, 1.54) is 4.58 Å². The van der Waals surface area contributed by atoms with Gasteiger partial charge in [0.15, 0.2) is 13.1 Å². The number of hydrogen-bond donors (Lipinski definition) is 0. The Balaban J connectivity index is 2.69. The number of morpholine rings is 1. The zero-order valence-corrected chi connectivity index (χ0v) is 9.25. The van der Waals surface area contributed by atoms with Crippen LogP contribution < -0.4 is 0 Å². The van der Waals surface area contributed by atoms with Gasteiger partial charge in [0, 0.05) is 0 Å². The molecular weight excluding hydrogens is 220 g/mol. The summed E-state index contributed by atoms with van der Waals surface area (Å²) in [5.41, 5.74) is -0.165. The van der Waals surface area contributed by atoms with Gasteiger partial charge in [-0.1, -0.05) is 0 Å². The molecule has 1 saturated heterocycles. The Labute approximate surface area is 92.8 Å². The van der Waals surface area contributed by atoms with Crippen LogP contribution in [-0.2, 0) is 14.3 Å². The molecule has 16 heavy (non-hydrogen) atoms. The molecule has 92 valence electrons. The zero-order valence-electron chi connectivity index (χ0n) is 9.25. The Morgan fingerprint density at radius 3 is 2.56 bits per heavy atom. The molecule has 0 aliphatic carbocycles. The highest BCUT2D eigenvalue weighted by molar-refractivity contribution is 5.97. The van der Waals surface area contributed by atoms with E-state index in [9.17, 15) is 13.6 Å². The highest BCUT2D eigenvalue weighted by Crippen LogP contribution is 2.05. The van der Waals surface area contributed by atoms with Crippen LogP contribution in [0.5, 0.6) is 0 Å². The molecule has 0 aromatic carbocycles. The summed E-state index contributed by atoms with van der Waals surface area (Å²) in [5.74, 6) is -0.607. The molecule has 0 saturated carbocycles. The lowest BCUT2D eigenvalue weighted by molar-refractivity contribution is -0.552. The number of carbonyl (C=O) groups is 1. The van der Waals surface area contributed by atoms with Gasteiger partial charge < -0.3 is 9.47 Å². The molecule has 0 N–H and O–H groups in total. The van der Waals surface area contributed by atoms with Crippen LogP contribution in [-0.4, -0.2) is 55.6 Å². The molecule has 0 aromatic heterocycles. The van der Waals surface area contributed by atoms with Gasteiger partial charge in [-0.3, -0.25) is 4.79 Å². The minimum atomic E-state index is -2.62. The molecule has 0 radical (unpaired) electrons. The lowest BCUT2D eigenvalue weighted by Crippen LogP contribution is -2.37. The molecule has 6 heteroatoms. The van der Waals surface area contributed by atoms with E-state index in [0.29, 0.717) is 26.3 Å². The molecule has 0 spiro atoms. The van der Waals surface area contributed by atoms with E-state index < -0.39 is 12.4 Å². The zero-order chi connectivity index (χ0) is 12.0. The van der Waals surface area contributed by atoms with E-state index in [4.69, 9.17) is 4.74 Å². The van der Waals surface area contributed by atoms with Crippen molar-refractivity contribution in [3.8, 4) is 0 Å². The predicted molar refractivity (Wildman–Crippen MR) is 53.1 cm³/mol. The molecule has 0 amide bonds. The largest absolute Gasteiger partial charge is 0.466 e. The van der Waals surface area contributed by atoms with Gasteiger partial charge in [-0.25, -0.2) is 4.58 Å². The first kappa shape index (κ1) is 13.0. The molecular formula is C10H16F2NO3+. The van der Waals surface area contributed by atoms with Crippen molar-refractivity contribution < 1.29 is 27.6 Å². The summed E-state index contributed by atoms with van der Waals surface area (Å²) in [4.78, 5) is 11.2. The van der Waals surface area contributed by atoms with Gasteiger partial charge in [0.1, 0.15) is 19.6 Å². The number of hydrogen-bond acceptors (Lipinski definition) is 3. The first-order chi connectivity index (χ1) is 7.65. The third-order valence-corrected chi connectivity index (χ3v) is 2.30. The maximum Gasteiger partial charge on any atom is 0.316 e. The molecule has 1 aliphatic heterocycles. The summed E-state index contributed by atoms with van der Waals surface area (Å²) in [6, 6.07) is 0. The molecule has 1 rings (SSSR count). The maximum atomic E-state index is 12.8. The van der Waals surface area contributed by atoms with Crippen molar-refractivity contribution >= 4 is 11.7 Å². The fourth-order valence-corrected chi connectivity index (χ4v) is 1.54. The summed E-state index contributed by atoms with van der Waals surface area (Å²) in [7, 11) is 0. The van der Waals surface area contributed by atoms with Crippen LogP contribution in [0.25, 0.3) is 0 Å². The maximum absolute atomic E-state index is 12.8. The fraction of sp³-hybridized carbons (Fsp3) is 0.800. The summed E-state index contributed by atoms with van der Waals surface area (Å²) in [5, 5.41) is 0. The van der Waals surface area contributed by atoms with Gasteiger partial charge >= 0.3 is 12.4 Å². The monoisotopic (exact) mass is 236 g/mol. The van der Waals surface area contributed by atoms with E-state index in [2.05, 4.69) is 4.74 Å². The Hall–Kier alpha value is -1.04. The van der Waals surface area contributed by atoms with Gasteiger partial charge in [-0.05, 0) is 6.92 Å². The first-order valence-electron chi connectivity index (χ1n) is 5.27. The standard InChI is InChI=1S/C10H16F2NO3/c1-2-16-9(14)7-8(10(11)12)13-3-5-15-6-4-13/h10H,2-7H2,1H3/q+1. The summed E-state index contributed by atoms with van der Waals surface area (Å²) < 4.78 is 36.7. The molecule has 0 bridgehead atoms. The van der Waals surface area contributed by atoms with Crippen LogP contribution in [0.15, 0.2) is 0 Å². The number of esters is 1. The second-order valence-electron chi connectivity index (χ2n) is 3.37. The van der Waals surface area contributed by atoms with Crippen molar-refractivity contribution in [3.63, 3.8) is 0 Å². The SMILES string of the molecule is CCOC(=O)CC(C(F)F)=[N+]1CCOCC1. The number of nitrogens with zero attached hydrogens (tertiary/aromatic N) is 1. The van der Waals surface area contributed by atoms with Crippen LogP contribution in [0, 0.1) is 0 Å². The smallest absolute Gasteiger partial charge is 0.316 e. The van der Waals surface area contributed by atoms with Gasteiger partial charge in [-0.15, -0.1) is 0 Å². The normalized spacial score (nSPS) is 16.4. The molecule has 0 aromatic rings. The highest BCUT2D eigenvalue weighted by Gasteiger charge is 2.29. The van der Waals surface area contributed by atoms with E-state index in [0.717, 1.165) is 0 Å². The summed E-state index contributed by atoms with van der Waals surface area (Å²) in [6.45, 7) is 3.49. The van der Waals surface area contributed by atoms with E-state index in [1.807, 2.05) is 0 Å². The number of carbonyl (C=O) groups excluding carboxylic acids is 1. The minimum absolute atomic E-state index is 0.165. The van der Waals surface area contributed by atoms with Crippen LogP contribution in [0.1, 0.15) is 13.3 Å². The number of halogens is 2. The minimum Gasteiger partial charge on any atom is -0.466 e. The van der Waals surface area contributed by atoms with Crippen LogP contribution >= 0.6 is 0 Å². The number of ether oxygens (including phenoxy) is 2. The number of alkyl halides is 2. The second-order valence-corrected chi connectivity index (χ2v) is 3.37. The van der Waals surface area contributed by atoms with Crippen LogP contribution in [0.3, 0.4) is 0 Å². The van der Waals surface area contributed by atoms with Gasteiger partial charge in [0.2, 0.25) is 5.71 Å². The van der Waals surface area contributed by atoms with Crippen molar-refractivity contribution in [1.29, 1.82) is 0 Å². The third-order valence-electron chi connectivity index (χ3n) is 2.30. The quantitative estimate of drug-likeness (QED) is 0.532. The summed E-state index contributed by atoms with van der Waals surface area (Å²) >= 11 is 0. The second kappa shape index (κ2) is 6.52. The molecule has 1 aliphatic rings. The van der Waals surface area contributed by atoms with E-state index >= 15 is 0 Å². The van der Waals surface area contributed by atoms with Crippen molar-refractivity contribution in [1.82, 2.24) is 0 Å².